The minimum atomic E-state index is -0.764. The summed E-state index contributed by atoms with van der Waals surface area (Å²) < 4.78 is 5.01. The number of hydrogen-bond acceptors (Lipinski definition) is 4. The molecule has 0 amide bonds. The molecule has 0 radical (unpaired) electrons. The number of carboxylic acid groups (broad SMARTS) is 1. The molecule has 0 spiro atoms. The molecule has 0 bridgehead atoms. The van der Waals surface area contributed by atoms with Crippen LogP contribution in [0.4, 0.5) is 0 Å². The highest BCUT2D eigenvalue weighted by atomic mass is 32.2. The molecule has 0 aromatic rings. The quantitative estimate of drug-likeness (QED) is 0.695. The summed E-state index contributed by atoms with van der Waals surface area (Å²) in [4.78, 5) is 10.6. The Balaban J connectivity index is 2.35. The summed E-state index contributed by atoms with van der Waals surface area (Å²) in [5.74, 6) is 0.229. The molecule has 3 atom stereocenters. The van der Waals surface area contributed by atoms with Crippen molar-refractivity contribution in [2.45, 2.75) is 18.3 Å². The second kappa shape index (κ2) is 4.83. The van der Waals surface area contributed by atoms with Crippen LogP contribution in [0.1, 0.15) is 6.92 Å². The van der Waals surface area contributed by atoms with E-state index in [4.69, 9.17) is 9.84 Å². The zero-order chi connectivity index (χ0) is 9.84. The smallest absolute Gasteiger partial charge is 0.321 e. The monoisotopic (exact) mass is 205 g/mol. The molecule has 1 aliphatic rings. The standard InChI is InChI=1S/C8H15NO3S/c1-5(3-12-2)7-9-6(4-13-7)8(10)11/h5-7,9H,3-4H2,1-2H3,(H,10,11). The van der Waals surface area contributed by atoms with Crippen molar-refractivity contribution in [3.05, 3.63) is 0 Å². The molecule has 76 valence electrons. The summed E-state index contributed by atoms with van der Waals surface area (Å²) in [6.45, 7) is 2.72. The van der Waals surface area contributed by atoms with Gasteiger partial charge in [-0.05, 0) is 0 Å². The first-order valence-electron chi connectivity index (χ1n) is 4.24. The molecular weight excluding hydrogens is 190 g/mol. The third kappa shape index (κ3) is 2.86. The van der Waals surface area contributed by atoms with Crippen molar-refractivity contribution in [1.29, 1.82) is 0 Å². The second-order valence-corrected chi connectivity index (χ2v) is 4.42. The van der Waals surface area contributed by atoms with E-state index in [1.165, 1.54) is 0 Å². The van der Waals surface area contributed by atoms with E-state index < -0.39 is 12.0 Å². The molecule has 3 unspecified atom stereocenters. The van der Waals surface area contributed by atoms with E-state index in [0.717, 1.165) is 0 Å². The molecule has 0 aliphatic carbocycles. The number of nitrogens with one attached hydrogen (secondary N) is 1. The third-order valence-electron chi connectivity index (χ3n) is 2.05. The number of thioether (sulfide) groups is 1. The van der Waals surface area contributed by atoms with Gasteiger partial charge in [-0.1, -0.05) is 6.92 Å². The SMILES string of the molecule is COCC(C)C1NC(C(=O)O)CS1. The van der Waals surface area contributed by atoms with Crippen molar-refractivity contribution in [2.75, 3.05) is 19.5 Å². The van der Waals surface area contributed by atoms with E-state index in [1.54, 1.807) is 18.9 Å². The molecule has 4 nitrogen and oxygen atoms in total. The summed E-state index contributed by atoms with van der Waals surface area (Å²) in [5.41, 5.74) is 0. The Labute approximate surface area is 82.0 Å². The Kier molecular flexibility index (Phi) is 4.02. The Morgan fingerprint density at radius 1 is 1.85 bits per heavy atom. The molecule has 0 aromatic carbocycles. The van der Waals surface area contributed by atoms with E-state index in [2.05, 4.69) is 12.2 Å². The van der Waals surface area contributed by atoms with Crippen LogP contribution in [0.5, 0.6) is 0 Å². The second-order valence-electron chi connectivity index (χ2n) is 3.24. The van der Waals surface area contributed by atoms with Crippen LogP contribution < -0.4 is 5.32 Å². The maximum absolute atomic E-state index is 10.6. The largest absolute Gasteiger partial charge is 0.480 e. The maximum Gasteiger partial charge on any atom is 0.321 e. The van der Waals surface area contributed by atoms with E-state index in [9.17, 15) is 4.79 Å². The third-order valence-corrected chi connectivity index (χ3v) is 3.54. The van der Waals surface area contributed by atoms with Gasteiger partial charge >= 0.3 is 5.97 Å². The van der Waals surface area contributed by atoms with Crippen LogP contribution in [-0.4, -0.2) is 42.0 Å². The van der Waals surface area contributed by atoms with Gasteiger partial charge in [-0.2, -0.15) is 0 Å². The fraction of sp³-hybridized carbons (Fsp3) is 0.875. The van der Waals surface area contributed by atoms with E-state index >= 15 is 0 Å². The van der Waals surface area contributed by atoms with E-state index in [-0.39, 0.29) is 5.37 Å². The molecule has 5 heteroatoms. The highest BCUT2D eigenvalue weighted by Gasteiger charge is 2.32. The van der Waals surface area contributed by atoms with Gasteiger partial charge in [-0.25, -0.2) is 0 Å². The van der Waals surface area contributed by atoms with Crippen LogP contribution in [0.2, 0.25) is 0 Å². The number of carbonyl (C=O) groups is 1. The molecule has 1 saturated heterocycles. The van der Waals surface area contributed by atoms with Gasteiger partial charge in [0, 0.05) is 18.8 Å². The van der Waals surface area contributed by atoms with Crippen LogP contribution in [0.3, 0.4) is 0 Å². The predicted molar refractivity (Wildman–Crippen MR) is 51.8 cm³/mol. The molecule has 13 heavy (non-hydrogen) atoms. The number of aliphatic carboxylic acids is 1. The molecule has 0 aromatic heterocycles. The number of hydrogen-bond donors (Lipinski definition) is 2. The zero-order valence-electron chi connectivity index (χ0n) is 7.82. The van der Waals surface area contributed by atoms with Crippen molar-refractivity contribution < 1.29 is 14.6 Å². The van der Waals surface area contributed by atoms with Gasteiger partial charge in [0.2, 0.25) is 0 Å². The van der Waals surface area contributed by atoms with Crippen molar-refractivity contribution in [2.24, 2.45) is 5.92 Å². The zero-order valence-corrected chi connectivity index (χ0v) is 8.63. The number of methoxy groups -OCH3 is 1. The van der Waals surface area contributed by atoms with Crippen LogP contribution in [0, 0.1) is 5.92 Å². The molecule has 1 rings (SSSR count). The highest BCUT2D eigenvalue weighted by molar-refractivity contribution is 8.00. The van der Waals surface area contributed by atoms with Crippen LogP contribution in [0.25, 0.3) is 0 Å². The van der Waals surface area contributed by atoms with Crippen LogP contribution in [0.15, 0.2) is 0 Å². The van der Waals surface area contributed by atoms with Gasteiger partial charge in [0.1, 0.15) is 6.04 Å². The Hall–Kier alpha value is -0.260. The van der Waals surface area contributed by atoms with Crippen molar-refractivity contribution in [3.8, 4) is 0 Å². The van der Waals surface area contributed by atoms with Gasteiger partial charge < -0.3 is 9.84 Å². The van der Waals surface area contributed by atoms with Crippen LogP contribution in [-0.2, 0) is 9.53 Å². The Morgan fingerprint density at radius 2 is 2.54 bits per heavy atom. The Bertz CT molecular complexity index is 188. The summed E-state index contributed by atoms with van der Waals surface area (Å²) in [6, 6.07) is -0.394. The summed E-state index contributed by atoms with van der Waals surface area (Å²) in [6.07, 6.45) is 0. The van der Waals surface area contributed by atoms with Crippen molar-refractivity contribution in [1.82, 2.24) is 5.32 Å². The molecule has 0 saturated carbocycles. The lowest BCUT2D eigenvalue weighted by atomic mass is 10.2. The lowest BCUT2D eigenvalue weighted by Gasteiger charge is -2.18. The topological polar surface area (TPSA) is 58.6 Å². The summed E-state index contributed by atoms with van der Waals surface area (Å²) in [7, 11) is 1.66. The van der Waals surface area contributed by atoms with Gasteiger partial charge in [0.25, 0.3) is 0 Å². The van der Waals surface area contributed by atoms with Crippen molar-refractivity contribution in [3.63, 3.8) is 0 Å². The molecule has 1 fully saturated rings. The average molecular weight is 205 g/mol. The lowest BCUT2D eigenvalue weighted by molar-refractivity contribution is -0.138. The van der Waals surface area contributed by atoms with Crippen LogP contribution >= 0.6 is 11.8 Å². The fourth-order valence-corrected chi connectivity index (χ4v) is 2.62. The maximum atomic E-state index is 10.6. The highest BCUT2D eigenvalue weighted by Crippen LogP contribution is 2.25. The minimum absolute atomic E-state index is 0.209. The molecule has 2 N–H and O–H groups in total. The first kappa shape index (κ1) is 10.8. The minimum Gasteiger partial charge on any atom is -0.480 e. The average Bonchev–Trinajstić information content (AvgIpc) is 2.52. The van der Waals surface area contributed by atoms with Gasteiger partial charge in [-0.3, -0.25) is 10.1 Å². The summed E-state index contributed by atoms with van der Waals surface area (Å²) in [5, 5.41) is 12.0. The van der Waals surface area contributed by atoms with Gasteiger partial charge in [0.05, 0.1) is 12.0 Å². The molecular formula is C8H15NO3S. The fourth-order valence-electron chi connectivity index (χ4n) is 1.32. The molecule has 1 heterocycles. The molecule has 1 aliphatic heterocycles. The summed E-state index contributed by atoms with van der Waals surface area (Å²) >= 11 is 1.65. The van der Waals surface area contributed by atoms with Gasteiger partial charge in [-0.15, -0.1) is 11.8 Å². The number of carboxylic acids is 1. The number of rotatable bonds is 4. The van der Waals surface area contributed by atoms with Gasteiger partial charge in [0.15, 0.2) is 0 Å². The van der Waals surface area contributed by atoms with E-state index in [0.29, 0.717) is 18.3 Å². The first-order chi connectivity index (χ1) is 6.15. The lowest BCUT2D eigenvalue weighted by Crippen LogP contribution is -2.39. The van der Waals surface area contributed by atoms with Crippen molar-refractivity contribution >= 4 is 17.7 Å². The normalized spacial score (nSPS) is 30.3. The predicted octanol–water partition coefficient (Wildman–Crippen LogP) is 0.385. The number of ether oxygens (including phenoxy) is 1. The first-order valence-corrected chi connectivity index (χ1v) is 5.29. The Morgan fingerprint density at radius 3 is 3.00 bits per heavy atom. The van der Waals surface area contributed by atoms with E-state index in [1.807, 2.05) is 0 Å².